The van der Waals surface area contributed by atoms with Gasteiger partial charge < -0.3 is 19.5 Å². The number of amides is 1. The van der Waals surface area contributed by atoms with Gasteiger partial charge in [-0.2, -0.15) is 13.2 Å². The molecule has 1 saturated heterocycles. The van der Waals surface area contributed by atoms with E-state index in [0.717, 1.165) is 26.4 Å². The molecular weight excluding hydrogens is 460 g/mol. The summed E-state index contributed by atoms with van der Waals surface area (Å²) in [6, 6.07) is 2.66. The maximum absolute atomic E-state index is 13.2. The Labute approximate surface area is 180 Å². The number of piperidine rings is 1. The summed E-state index contributed by atoms with van der Waals surface area (Å²) in [5, 5.41) is 12.1. The standard InChI is InChI=1S/C17H20Cl3F3N2O4/c1-28-13-11(14(26)17(21,22)23)7-10(25-5-3-2-4-6-25)8-12(13)24-15(27)29-9-16(18,19)20/h7-8,14,26H,2-6,9H2,1H3,(H,24,27). The fourth-order valence-corrected chi connectivity index (χ4v) is 3.13. The Morgan fingerprint density at radius 3 is 2.38 bits per heavy atom. The number of methoxy groups -OCH3 is 1. The maximum atomic E-state index is 13.2. The summed E-state index contributed by atoms with van der Waals surface area (Å²) >= 11 is 16.6. The molecule has 164 valence electrons. The van der Waals surface area contributed by atoms with Gasteiger partial charge in [-0.25, -0.2) is 4.79 Å². The Kier molecular flexibility index (Phi) is 8.00. The first-order chi connectivity index (χ1) is 13.4. The zero-order valence-corrected chi connectivity index (χ0v) is 17.6. The molecule has 1 aromatic rings. The number of benzene rings is 1. The van der Waals surface area contributed by atoms with Crippen molar-refractivity contribution in [3.05, 3.63) is 17.7 Å². The van der Waals surface area contributed by atoms with Gasteiger partial charge in [0.2, 0.25) is 3.79 Å². The van der Waals surface area contributed by atoms with Crippen molar-refractivity contribution in [3.8, 4) is 5.75 Å². The smallest absolute Gasteiger partial charge is 0.418 e. The van der Waals surface area contributed by atoms with E-state index >= 15 is 0 Å². The summed E-state index contributed by atoms with van der Waals surface area (Å²) in [5.41, 5.74) is -0.233. The van der Waals surface area contributed by atoms with Gasteiger partial charge >= 0.3 is 12.3 Å². The summed E-state index contributed by atoms with van der Waals surface area (Å²) in [6.45, 7) is 0.686. The van der Waals surface area contributed by atoms with E-state index in [1.165, 1.54) is 12.1 Å². The van der Waals surface area contributed by atoms with E-state index in [0.29, 0.717) is 18.8 Å². The van der Waals surface area contributed by atoms with E-state index < -0.39 is 34.3 Å². The van der Waals surface area contributed by atoms with E-state index in [1.54, 1.807) is 0 Å². The molecule has 1 heterocycles. The van der Waals surface area contributed by atoms with E-state index in [2.05, 4.69) is 5.32 Å². The molecule has 0 aromatic heterocycles. The zero-order chi connectivity index (χ0) is 21.8. The van der Waals surface area contributed by atoms with E-state index in [4.69, 9.17) is 44.3 Å². The van der Waals surface area contributed by atoms with Gasteiger partial charge in [0.15, 0.2) is 6.10 Å². The first kappa shape index (κ1) is 24.0. The van der Waals surface area contributed by atoms with Crippen LogP contribution < -0.4 is 15.0 Å². The van der Waals surface area contributed by atoms with Crippen LogP contribution in [0.1, 0.15) is 30.9 Å². The lowest BCUT2D eigenvalue weighted by atomic mass is 10.0. The number of aliphatic hydroxyl groups excluding tert-OH is 1. The van der Waals surface area contributed by atoms with Crippen LogP contribution in [-0.4, -0.2) is 48.0 Å². The highest BCUT2D eigenvalue weighted by molar-refractivity contribution is 6.67. The van der Waals surface area contributed by atoms with Gasteiger partial charge in [0.05, 0.1) is 12.8 Å². The number of nitrogens with zero attached hydrogens (tertiary/aromatic N) is 1. The molecule has 0 spiro atoms. The number of ether oxygens (including phenoxy) is 2. The SMILES string of the molecule is COc1c(NC(=O)OCC(Cl)(Cl)Cl)cc(N2CCCCC2)cc1C(O)C(F)(F)F. The number of aliphatic hydroxyl groups is 1. The van der Waals surface area contributed by atoms with Gasteiger partial charge in [-0.1, -0.05) is 34.8 Å². The number of alkyl halides is 6. The number of anilines is 2. The Hall–Kier alpha value is -1.29. The molecule has 0 bridgehead atoms. The average molecular weight is 480 g/mol. The molecule has 1 unspecified atom stereocenters. The molecule has 1 aliphatic heterocycles. The van der Waals surface area contributed by atoms with Crippen molar-refractivity contribution < 1.29 is 32.5 Å². The topological polar surface area (TPSA) is 71.0 Å². The van der Waals surface area contributed by atoms with Gasteiger partial charge in [-0.3, -0.25) is 5.32 Å². The maximum Gasteiger partial charge on any atom is 0.418 e. The summed E-state index contributed by atoms with van der Waals surface area (Å²) in [7, 11) is 1.13. The normalized spacial score (nSPS) is 16.3. The molecule has 1 amide bonds. The van der Waals surface area contributed by atoms with Crippen molar-refractivity contribution >= 4 is 52.3 Å². The Morgan fingerprint density at radius 2 is 1.86 bits per heavy atom. The monoisotopic (exact) mass is 478 g/mol. The number of hydrogen-bond donors (Lipinski definition) is 2. The second-order valence-electron chi connectivity index (χ2n) is 6.42. The minimum absolute atomic E-state index is 0.108. The first-order valence-electron chi connectivity index (χ1n) is 8.64. The van der Waals surface area contributed by atoms with Crippen LogP contribution >= 0.6 is 34.8 Å². The van der Waals surface area contributed by atoms with E-state index in [9.17, 15) is 23.1 Å². The van der Waals surface area contributed by atoms with Crippen LogP contribution in [0.15, 0.2) is 12.1 Å². The third-order valence-corrected chi connectivity index (χ3v) is 4.56. The molecule has 0 aliphatic carbocycles. The van der Waals surface area contributed by atoms with Crippen molar-refractivity contribution in [2.75, 3.05) is 37.0 Å². The van der Waals surface area contributed by atoms with Crippen molar-refractivity contribution in [2.45, 2.75) is 35.3 Å². The minimum Gasteiger partial charge on any atom is -0.494 e. The number of hydrogen-bond acceptors (Lipinski definition) is 5. The predicted molar refractivity (Wildman–Crippen MR) is 105 cm³/mol. The molecule has 1 fully saturated rings. The first-order valence-corrected chi connectivity index (χ1v) is 9.78. The Balaban J connectivity index is 2.42. The second-order valence-corrected chi connectivity index (χ2v) is 8.94. The number of carbonyl (C=O) groups excluding carboxylic acids is 1. The lowest BCUT2D eigenvalue weighted by Crippen LogP contribution is -2.30. The third-order valence-electron chi connectivity index (χ3n) is 4.24. The number of halogens is 6. The molecule has 2 N–H and O–H groups in total. The lowest BCUT2D eigenvalue weighted by Gasteiger charge is -2.31. The number of rotatable bonds is 5. The molecule has 1 aromatic carbocycles. The van der Waals surface area contributed by atoms with Crippen LogP contribution in [0.2, 0.25) is 0 Å². The summed E-state index contributed by atoms with van der Waals surface area (Å²) in [6.07, 6.45) is -6.04. The van der Waals surface area contributed by atoms with Crippen molar-refractivity contribution in [1.82, 2.24) is 0 Å². The Bertz CT molecular complexity index is 723. The van der Waals surface area contributed by atoms with Gasteiger partial charge in [-0.15, -0.1) is 0 Å². The van der Waals surface area contributed by atoms with Crippen molar-refractivity contribution in [2.24, 2.45) is 0 Å². The molecule has 1 atom stereocenters. The second kappa shape index (κ2) is 9.68. The molecule has 0 radical (unpaired) electrons. The van der Waals surface area contributed by atoms with Crippen LogP contribution in [-0.2, 0) is 4.74 Å². The van der Waals surface area contributed by atoms with Gasteiger partial charge in [-0.05, 0) is 31.4 Å². The Morgan fingerprint density at radius 1 is 1.24 bits per heavy atom. The average Bonchev–Trinajstić information content (AvgIpc) is 2.64. The fraction of sp³-hybridized carbons (Fsp3) is 0.588. The van der Waals surface area contributed by atoms with Gasteiger partial charge in [0, 0.05) is 24.3 Å². The highest BCUT2D eigenvalue weighted by Gasteiger charge is 2.42. The summed E-state index contributed by atoms with van der Waals surface area (Å²) in [5.74, 6) is -0.346. The van der Waals surface area contributed by atoms with Crippen LogP contribution in [0.3, 0.4) is 0 Å². The quantitative estimate of drug-likeness (QED) is 0.568. The fourth-order valence-electron chi connectivity index (χ4n) is 2.96. The number of carbonyl (C=O) groups is 1. The molecule has 29 heavy (non-hydrogen) atoms. The largest absolute Gasteiger partial charge is 0.494 e. The van der Waals surface area contributed by atoms with Crippen LogP contribution in [0.5, 0.6) is 5.75 Å². The molecule has 0 saturated carbocycles. The van der Waals surface area contributed by atoms with Crippen molar-refractivity contribution in [3.63, 3.8) is 0 Å². The summed E-state index contributed by atoms with van der Waals surface area (Å²) in [4.78, 5) is 13.9. The van der Waals surface area contributed by atoms with Crippen molar-refractivity contribution in [1.29, 1.82) is 0 Å². The molecule has 2 rings (SSSR count). The zero-order valence-electron chi connectivity index (χ0n) is 15.4. The van der Waals surface area contributed by atoms with Gasteiger partial charge in [0.25, 0.3) is 0 Å². The minimum atomic E-state index is -4.93. The van der Waals surface area contributed by atoms with E-state index in [-0.39, 0.29) is 11.4 Å². The molecular formula is C17H20Cl3F3N2O4. The highest BCUT2D eigenvalue weighted by Crippen LogP contribution is 2.43. The van der Waals surface area contributed by atoms with Crippen LogP contribution in [0, 0.1) is 0 Å². The van der Waals surface area contributed by atoms with E-state index in [1.807, 2.05) is 4.90 Å². The lowest BCUT2D eigenvalue weighted by molar-refractivity contribution is -0.207. The van der Waals surface area contributed by atoms with Crippen LogP contribution in [0.25, 0.3) is 0 Å². The molecule has 6 nitrogen and oxygen atoms in total. The number of nitrogens with one attached hydrogen (secondary N) is 1. The third kappa shape index (κ3) is 6.87. The highest BCUT2D eigenvalue weighted by atomic mass is 35.6. The van der Waals surface area contributed by atoms with Gasteiger partial charge in [0.1, 0.15) is 12.4 Å². The molecule has 12 heteroatoms. The van der Waals surface area contributed by atoms with Crippen LogP contribution in [0.4, 0.5) is 29.3 Å². The predicted octanol–water partition coefficient (Wildman–Crippen LogP) is 5.20. The molecule has 1 aliphatic rings. The summed E-state index contributed by atoms with van der Waals surface area (Å²) < 4.78 is 47.6.